The average Bonchev–Trinajstić information content (AvgIpc) is 2.88. The Balaban J connectivity index is 1.75. The van der Waals surface area contributed by atoms with Crippen LogP contribution >= 0.6 is 34.5 Å². The summed E-state index contributed by atoms with van der Waals surface area (Å²) in [4.78, 5) is 11.8. The van der Waals surface area contributed by atoms with E-state index in [2.05, 4.69) is 4.98 Å². The molecule has 1 aliphatic carbocycles. The molecule has 0 amide bonds. The summed E-state index contributed by atoms with van der Waals surface area (Å²) < 4.78 is 0. The van der Waals surface area contributed by atoms with E-state index in [0.717, 1.165) is 39.5 Å². The molecule has 0 unspecified atom stereocenters. The van der Waals surface area contributed by atoms with Crippen LogP contribution in [-0.4, -0.2) is 9.97 Å². The topological polar surface area (TPSA) is 25.8 Å². The van der Waals surface area contributed by atoms with Crippen molar-refractivity contribution in [3.8, 4) is 0 Å². The lowest BCUT2D eigenvalue weighted by Crippen LogP contribution is -2.00. The summed E-state index contributed by atoms with van der Waals surface area (Å²) in [5, 5.41) is 2.43. The first-order valence-electron chi connectivity index (χ1n) is 7.42. The van der Waals surface area contributed by atoms with E-state index in [0.29, 0.717) is 11.6 Å². The molecule has 0 saturated heterocycles. The molecule has 2 heterocycles. The maximum absolute atomic E-state index is 6.47. The number of fused-ring (bicyclic) bond motifs is 3. The third-order valence-electron chi connectivity index (χ3n) is 4.09. The second-order valence-electron chi connectivity index (χ2n) is 5.62. The van der Waals surface area contributed by atoms with Gasteiger partial charge < -0.3 is 0 Å². The van der Waals surface area contributed by atoms with Crippen LogP contribution in [0.25, 0.3) is 10.2 Å². The Hall–Kier alpha value is -1.16. The molecule has 1 aliphatic rings. The van der Waals surface area contributed by atoms with Gasteiger partial charge in [-0.25, -0.2) is 9.97 Å². The highest BCUT2D eigenvalue weighted by Gasteiger charge is 2.20. The van der Waals surface area contributed by atoms with Gasteiger partial charge in [-0.1, -0.05) is 35.3 Å². The summed E-state index contributed by atoms with van der Waals surface area (Å²) in [5.74, 6) is 0.776. The summed E-state index contributed by atoms with van der Waals surface area (Å²) in [5.41, 5.74) is 2.52. The molecule has 3 aromatic rings. The molecule has 4 rings (SSSR count). The van der Waals surface area contributed by atoms with Gasteiger partial charge >= 0.3 is 0 Å². The zero-order chi connectivity index (χ0) is 15.1. The molecule has 0 saturated carbocycles. The van der Waals surface area contributed by atoms with Crippen LogP contribution < -0.4 is 0 Å². The molecule has 0 N–H and O–H groups in total. The standard InChI is InChI=1S/C17H14Cl2N2S/c18-11-7-5-10(6-8-11)9-14-20-16(19)15-12-3-1-2-4-13(12)22-17(15)21-14/h5-8H,1-4,9H2. The van der Waals surface area contributed by atoms with Gasteiger partial charge in [0.1, 0.15) is 15.8 Å². The number of halogens is 2. The fourth-order valence-electron chi connectivity index (χ4n) is 3.02. The number of hydrogen-bond donors (Lipinski definition) is 0. The quantitative estimate of drug-likeness (QED) is 0.574. The van der Waals surface area contributed by atoms with E-state index in [9.17, 15) is 0 Å². The van der Waals surface area contributed by atoms with Crippen LogP contribution in [0.4, 0.5) is 0 Å². The molecular formula is C17H14Cl2N2S. The molecular weight excluding hydrogens is 335 g/mol. The Bertz CT molecular complexity index is 840. The number of hydrogen-bond acceptors (Lipinski definition) is 3. The molecule has 0 spiro atoms. The number of nitrogens with zero attached hydrogens (tertiary/aromatic N) is 2. The molecule has 0 fully saturated rings. The highest BCUT2D eigenvalue weighted by atomic mass is 35.5. The largest absolute Gasteiger partial charge is 0.222 e. The van der Waals surface area contributed by atoms with Crippen LogP contribution in [0.15, 0.2) is 24.3 Å². The van der Waals surface area contributed by atoms with Crippen LogP contribution in [0, 0.1) is 0 Å². The van der Waals surface area contributed by atoms with Crippen molar-refractivity contribution < 1.29 is 0 Å². The molecule has 0 radical (unpaired) electrons. The van der Waals surface area contributed by atoms with Gasteiger partial charge in [-0.2, -0.15) is 0 Å². The summed E-state index contributed by atoms with van der Waals surface area (Å²) in [6.07, 6.45) is 5.44. The van der Waals surface area contributed by atoms with E-state index in [4.69, 9.17) is 28.2 Å². The Morgan fingerprint density at radius 1 is 1.00 bits per heavy atom. The van der Waals surface area contributed by atoms with Crippen LogP contribution in [0.5, 0.6) is 0 Å². The molecule has 1 aromatic carbocycles. The highest BCUT2D eigenvalue weighted by molar-refractivity contribution is 7.19. The summed E-state index contributed by atoms with van der Waals surface area (Å²) >= 11 is 14.2. The van der Waals surface area contributed by atoms with Crippen molar-refractivity contribution in [2.75, 3.05) is 0 Å². The lowest BCUT2D eigenvalue weighted by atomic mass is 9.97. The molecule has 0 aliphatic heterocycles. The van der Waals surface area contributed by atoms with Gasteiger partial charge in [0.05, 0.1) is 5.39 Å². The molecule has 112 valence electrons. The van der Waals surface area contributed by atoms with E-state index < -0.39 is 0 Å². The van der Waals surface area contributed by atoms with Crippen LogP contribution in [0.2, 0.25) is 10.2 Å². The minimum absolute atomic E-state index is 0.605. The van der Waals surface area contributed by atoms with Crippen LogP contribution in [-0.2, 0) is 19.3 Å². The predicted octanol–water partition coefficient (Wildman–Crippen LogP) is 5.47. The lowest BCUT2D eigenvalue weighted by molar-refractivity contribution is 0.700. The Labute approximate surface area is 143 Å². The SMILES string of the molecule is Clc1ccc(Cc2nc(Cl)c3c4c(sc3n2)CCCC4)cc1. The highest BCUT2D eigenvalue weighted by Crippen LogP contribution is 2.38. The van der Waals surface area contributed by atoms with Gasteiger partial charge in [0.15, 0.2) is 0 Å². The molecule has 0 atom stereocenters. The third kappa shape index (κ3) is 2.62. The van der Waals surface area contributed by atoms with Gasteiger partial charge in [-0.3, -0.25) is 0 Å². The van der Waals surface area contributed by atoms with E-state index in [1.165, 1.54) is 23.3 Å². The van der Waals surface area contributed by atoms with E-state index in [1.54, 1.807) is 11.3 Å². The Kier molecular flexibility index (Phi) is 3.81. The summed E-state index contributed by atoms with van der Waals surface area (Å²) in [6.45, 7) is 0. The number of rotatable bonds is 2. The minimum Gasteiger partial charge on any atom is -0.222 e. The zero-order valence-electron chi connectivity index (χ0n) is 11.9. The Morgan fingerprint density at radius 2 is 1.77 bits per heavy atom. The van der Waals surface area contributed by atoms with Crippen molar-refractivity contribution in [3.05, 3.63) is 56.3 Å². The van der Waals surface area contributed by atoms with Gasteiger partial charge in [-0.15, -0.1) is 11.3 Å². The third-order valence-corrected chi connectivity index (χ3v) is 5.80. The minimum atomic E-state index is 0.605. The predicted molar refractivity (Wildman–Crippen MR) is 93.3 cm³/mol. The second kappa shape index (κ2) is 5.80. The van der Waals surface area contributed by atoms with Crippen molar-refractivity contribution in [3.63, 3.8) is 0 Å². The normalized spacial score (nSPS) is 14.3. The van der Waals surface area contributed by atoms with Crippen molar-refractivity contribution in [1.82, 2.24) is 9.97 Å². The van der Waals surface area contributed by atoms with Crippen molar-refractivity contribution >= 4 is 44.8 Å². The van der Waals surface area contributed by atoms with Gasteiger partial charge in [-0.05, 0) is 48.9 Å². The lowest BCUT2D eigenvalue weighted by Gasteiger charge is -2.10. The zero-order valence-corrected chi connectivity index (χ0v) is 14.2. The first kappa shape index (κ1) is 14.4. The average molecular weight is 349 g/mol. The smallest absolute Gasteiger partial charge is 0.141 e. The van der Waals surface area contributed by atoms with Crippen LogP contribution in [0.1, 0.15) is 34.7 Å². The van der Waals surface area contributed by atoms with E-state index in [1.807, 2.05) is 24.3 Å². The van der Waals surface area contributed by atoms with Crippen molar-refractivity contribution in [2.24, 2.45) is 0 Å². The number of benzene rings is 1. The fourth-order valence-corrected chi connectivity index (χ4v) is 4.78. The molecule has 5 heteroatoms. The van der Waals surface area contributed by atoms with Gasteiger partial charge in [0.25, 0.3) is 0 Å². The Morgan fingerprint density at radius 3 is 2.59 bits per heavy atom. The number of aromatic nitrogens is 2. The van der Waals surface area contributed by atoms with Crippen LogP contribution in [0.3, 0.4) is 0 Å². The van der Waals surface area contributed by atoms with Gasteiger partial charge in [0.2, 0.25) is 0 Å². The number of aryl methyl sites for hydroxylation is 2. The monoisotopic (exact) mass is 348 g/mol. The maximum Gasteiger partial charge on any atom is 0.141 e. The number of thiophene rings is 1. The second-order valence-corrected chi connectivity index (χ2v) is 7.50. The maximum atomic E-state index is 6.47. The molecule has 2 aromatic heterocycles. The molecule has 22 heavy (non-hydrogen) atoms. The first-order chi connectivity index (χ1) is 10.7. The summed E-state index contributed by atoms with van der Waals surface area (Å²) in [7, 11) is 0. The molecule has 0 bridgehead atoms. The fraction of sp³-hybridized carbons (Fsp3) is 0.294. The van der Waals surface area contributed by atoms with Crippen molar-refractivity contribution in [1.29, 1.82) is 0 Å². The van der Waals surface area contributed by atoms with E-state index in [-0.39, 0.29) is 0 Å². The van der Waals surface area contributed by atoms with E-state index >= 15 is 0 Å². The van der Waals surface area contributed by atoms with Gasteiger partial charge in [0, 0.05) is 16.3 Å². The first-order valence-corrected chi connectivity index (χ1v) is 8.99. The summed E-state index contributed by atoms with van der Waals surface area (Å²) in [6, 6.07) is 7.79. The van der Waals surface area contributed by atoms with Crippen molar-refractivity contribution in [2.45, 2.75) is 32.1 Å². The molecule has 2 nitrogen and oxygen atoms in total.